The van der Waals surface area contributed by atoms with Crippen LogP contribution >= 0.6 is 0 Å². The van der Waals surface area contributed by atoms with Gasteiger partial charge in [0.05, 0.1) is 7.11 Å². The molecule has 108 valence electrons. The third-order valence-electron chi connectivity index (χ3n) is 3.28. The molecule has 0 aliphatic carbocycles. The fourth-order valence-electron chi connectivity index (χ4n) is 1.97. The van der Waals surface area contributed by atoms with Gasteiger partial charge in [0.2, 0.25) is 6.41 Å². The van der Waals surface area contributed by atoms with Gasteiger partial charge in [0.15, 0.2) is 5.78 Å². The molecular formula is C17H17NO3. The number of amides is 1. The van der Waals surface area contributed by atoms with Gasteiger partial charge < -0.3 is 9.64 Å². The Kier molecular flexibility index (Phi) is 4.72. The number of ether oxygens (including phenoxy) is 1. The zero-order valence-corrected chi connectivity index (χ0v) is 12.1. The first kappa shape index (κ1) is 14.8. The summed E-state index contributed by atoms with van der Waals surface area (Å²) in [6.07, 6.45) is 1.07. The molecule has 2 rings (SSSR count). The molecule has 21 heavy (non-hydrogen) atoms. The summed E-state index contributed by atoms with van der Waals surface area (Å²) >= 11 is 0. The number of methoxy groups -OCH3 is 1. The van der Waals surface area contributed by atoms with Crippen LogP contribution in [0.15, 0.2) is 48.5 Å². The predicted octanol–water partition coefficient (Wildman–Crippen LogP) is 2.71. The van der Waals surface area contributed by atoms with Crippen LogP contribution in [0.4, 0.5) is 5.69 Å². The van der Waals surface area contributed by atoms with E-state index in [1.54, 1.807) is 38.4 Å². The predicted molar refractivity (Wildman–Crippen MR) is 81.9 cm³/mol. The van der Waals surface area contributed by atoms with Crippen molar-refractivity contribution in [1.29, 1.82) is 0 Å². The number of rotatable bonds is 6. The van der Waals surface area contributed by atoms with Gasteiger partial charge in [-0.15, -0.1) is 0 Å². The molecule has 0 saturated heterocycles. The highest BCUT2D eigenvalue weighted by molar-refractivity contribution is 5.98. The Labute approximate surface area is 124 Å². The third-order valence-corrected chi connectivity index (χ3v) is 3.28. The average molecular weight is 283 g/mol. The minimum atomic E-state index is 0.0421. The summed E-state index contributed by atoms with van der Waals surface area (Å²) in [5.74, 6) is 0.813. The summed E-state index contributed by atoms with van der Waals surface area (Å²) in [6, 6.07) is 14.4. The second kappa shape index (κ2) is 6.70. The first-order valence-corrected chi connectivity index (χ1v) is 6.58. The van der Waals surface area contributed by atoms with Crippen molar-refractivity contribution in [3.63, 3.8) is 0 Å². The SMILES string of the molecule is COc1ccc(CC(=O)c2ccc(N(C)C=O)cc2)cc1. The number of hydrogen-bond donors (Lipinski definition) is 0. The van der Waals surface area contributed by atoms with E-state index in [0.29, 0.717) is 12.0 Å². The van der Waals surface area contributed by atoms with Crippen LogP contribution in [0.2, 0.25) is 0 Å². The fraction of sp³-hybridized carbons (Fsp3) is 0.176. The van der Waals surface area contributed by atoms with Gasteiger partial charge in [-0.05, 0) is 42.0 Å². The van der Waals surface area contributed by atoms with E-state index >= 15 is 0 Å². The van der Waals surface area contributed by atoms with E-state index in [4.69, 9.17) is 4.74 Å². The maximum absolute atomic E-state index is 12.2. The lowest BCUT2D eigenvalue weighted by Gasteiger charge is -2.10. The van der Waals surface area contributed by atoms with Crippen molar-refractivity contribution in [2.24, 2.45) is 0 Å². The second-order valence-corrected chi connectivity index (χ2v) is 4.71. The van der Waals surface area contributed by atoms with Gasteiger partial charge in [-0.25, -0.2) is 0 Å². The average Bonchev–Trinajstić information content (AvgIpc) is 2.55. The van der Waals surface area contributed by atoms with E-state index in [9.17, 15) is 9.59 Å². The third kappa shape index (κ3) is 3.69. The lowest BCUT2D eigenvalue weighted by molar-refractivity contribution is -0.107. The molecular weight excluding hydrogens is 266 g/mol. The van der Waals surface area contributed by atoms with Gasteiger partial charge in [-0.1, -0.05) is 12.1 Å². The number of carbonyl (C=O) groups is 2. The number of nitrogens with zero attached hydrogens (tertiary/aromatic N) is 1. The Hall–Kier alpha value is -2.62. The number of benzene rings is 2. The molecule has 2 aromatic carbocycles. The van der Waals surface area contributed by atoms with Crippen LogP contribution in [-0.4, -0.2) is 26.4 Å². The Morgan fingerprint density at radius 3 is 2.24 bits per heavy atom. The van der Waals surface area contributed by atoms with Gasteiger partial charge in [0.25, 0.3) is 0 Å². The zero-order chi connectivity index (χ0) is 15.2. The van der Waals surface area contributed by atoms with Crippen LogP contribution in [0.1, 0.15) is 15.9 Å². The summed E-state index contributed by atoms with van der Waals surface area (Å²) in [5.41, 5.74) is 2.33. The molecule has 0 bridgehead atoms. The first-order chi connectivity index (χ1) is 10.1. The maximum atomic E-state index is 12.2. The summed E-state index contributed by atoms with van der Waals surface area (Å²) in [5, 5.41) is 0. The highest BCUT2D eigenvalue weighted by Gasteiger charge is 2.08. The highest BCUT2D eigenvalue weighted by atomic mass is 16.5. The molecule has 0 spiro atoms. The molecule has 1 amide bonds. The van der Waals surface area contributed by atoms with Gasteiger partial charge in [-0.3, -0.25) is 9.59 Å². The monoisotopic (exact) mass is 283 g/mol. The van der Waals surface area contributed by atoms with Crippen molar-refractivity contribution in [2.75, 3.05) is 19.1 Å². The summed E-state index contributed by atoms with van der Waals surface area (Å²) in [6.45, 7) is 0. The van der Waals surface area contributed by atoms with E-state index in [1.165, 1.54) is 4.90 Å². The van der Waals surface area contributed by atoms with Crippen LogP contribution in [0.3, 0.4) is 0 Å². The second-order valence-electron chi connectivity index (χ2n) is 4.71. The topological polar surface area (TPSA) is 46.6 Å². The van der Waals surface area contributed by atoms with Crippen molar-refractivity contribution in [3.8, 4) is 5.75 Å². The minimum absolute atomic E-state index is 0.0421. The minimum Gasteiger partial charge on any atom is -0.497 e. The summed E-state index contributed by atoms with van der Waals surface area (Å²) < 4.78 is 5.09. The van der Waals surface area contributed by atoms with Crippen LogP contribution < -0.4 is 9.64 Å². The Morgan fingerprint density at radius 1 is 1.10 bits per heavy atom. The Morgan fingerprint density at radius 2 is 1.71 bits per heavy atom. The van der Waals surface area contributed by atoms with Crippen LogP contribution in [0.25, 0.3) is 0 Å². The van der Waals surface area contributed by atoms with Crippen molar-refractivity contribution in [1.82, 2.24) is 0 Å². The summed E-state index contributed by atoms with van der Waals surface area (Å²) in [4.78, 5) is 24.3. The van der Waals surface area contributed by atoms with E-state index < -0.39 is 0 Å². The van der Waals surface area contributed by atoms with E-state index in [1.807, 2.05) is 24.3 Å². The summed E-state index contributed by atoms with van der Waals surface area (Å²) in [7, 11) is 3.28. The smallest absolute Gasteiger partial charge is 0.213 e. The maximum Gasteiger partial charge on any atom is 0.213 e. The van der Waals surface area contributed by atoms with E-state index in [0.717, 1.165) is 23.4 Å². The van der Waals surface area contributed by atoms with Crippen molar-refractivity contribution in [2.45, 2.75) is 6.42 Å². The van der Waals surface area contributed by atoms with Crippen LogP contribution in [0, 0.1) is 0 Å². The molecule has 0 atom stereocenters. The molecule has 0 aromatic heterocycles. The lowest BCUT2D eigenvalue weighted by atomic mass is 10.0. The molecule has 0 aliphatic heterocycles. The number of anilines is 1. The van der Waals surface area contributed by atoms with E-state index in [-0.39, 0.29) is 5.78 Å². The van der Waals surface area contributed by atoms with Crippen molar-refractivity contribution < 1.29 is 14.3 Å². The molecule has 4 nitrogen and oxygen atoms in total. The molecule has 0 heterocycles. The van der Waals surface area contributed by atoms with Gasteiger partial charge in [-0.2, -0.15) is 0 Å². The van der Waals surface area contributed by atoms with Gasteiger partial charge in [0.1, 0.15) is 5.75 Å². The molecule has 4 heteroatoms. The number of carbonyl (C=O) groups excluding carboxylic acids is 2. The number of hydrogen-bond acceptors (Lipinski definition) is 3. The van der Waals surface area contributed by atoms with Gasteiger partial charge in [0, 0.05) is 24.7 Å². The highest BCUT2D eigenvalue weighted by Crippen LogP contribution is 2.16. The molecule has 0 saturated carbocycles. The largest absolute Gasteiger partial charge is 0.497 e. The molecule has 0 fully saturated rings. The number of ketones is 1. The van der Waals surface area contributed by atoms with Gasteiger partial charge >= 0.3 is 0 Å². The zero-order valence-electron chi connectivity index (χ0n) is 12.1. The molecule has 0 aliphatic rings. The lowest BCUT2D eigenvalue weighted by Crippen LogP contribution is -2.13. The van der Waals surface area contributed by atoms with Crippen LogP contribution in [-0.2, 0) is 11.2 Å². The normalized spacial score (nSPS) is 10.0. The van der Waals surface area contributed by atoms with Crippen LogP contribution in [0.5, 0.6) is 5.75 Å². The first-order valence-electron chi connectivity index (χ1n) is 6.58. The van der Waals surface area contributed by atoms with Crippen molar-refractivity contribution >= 4 is 17.9 Å². The van der Waals surface area contributed by atoms with Crippen molar-refractivity contribution in [3.05, 3.63) is 59.7 Å². The van der Waals surface area contributed by atoms with E-state index in [2.05, 4.69) is 0 Å². The standard InChI is InChI=1S/C17H17NO3/c1-18(12-19)15-7-5-14(6-8-15)17(20)11-13-3-9-16(21-2)10-4-13/h3-10,12H,11H2,1-2H3. The molecule has 2 aromatic rings. The molecule has 0 radical (unpaired) electrons. The Balaban J connectivity index is 2.07. The quantitative estimate of drug-likeness (QED) is 0.605. The Bertz CT molecular complexity index is 617. The molecule has 0 unspecified atom stereocenters. The fourth-order valence-corrected chi connectivity index (χ4v) is 1.97. The number of Topliss-reactive ketones (excluding diaryl/α,β-unsaturated/α-hetero) is 1. The molecule has 0 N–H and O–H groups in total.